The molecule has 0 radical (unpaired) electrons. The molecule has 0 spiro atoms. The Bertz CT molecular complexity index is 501. The molecule has 5 nitrogen and oxygen atoms in total. The highest BCUT2D eigenvalue weighted by Crippen LogP contribution is 2.33. The van der Waals surface area contributed by atoms with Crippen molar-refractivity contribution in [3.63, 3.8) is 0 Å². The minimum absolute atomic E-state index is 0.0263. The minimum Gasteiger partial charge on any atom is -0.490 e. The van der Waals surface area contributed by atoms with Gasteiger partial charge in [-0.2, -0.15) is 0 Å². The molecule has 1 N–H and O–H groups in total. The van der Waals surface area contributed by atoms with Gasteiger partial charge in [0.1, 0.15) is 0 Å². The van der Waals surface area contributed by atoms with Crippen LogP contribution in [-0.4, -0.2) is 18.6 Å². The molecule has 6 heteroatoms. The smallest absolute Gasteiger partial charge is 0.313 e. The van der Waals surface area contributed by atoms with Crippen LogP contribution in [0.5, 0.6) is 5.75 Å². The summed E-state index contributed by atoms with van der Waals surface area (Å²) in [5.41, 5.74) is -0.193. The van der Waals surface area contributed by atoms with Crippen LogP contribution in [0.4, 0.5) is 15.8 Å². The van der Waals surface area contributed by atoms with Crippen molar-refractivity contribution < 1.29 is 14.1 Å². The van der Waals surface area contributed by atoms with Crippen molar-refractivity contribution in [1.82, 2.24) is 0 Å². The van der Waals surface area contributed by atoms with Crippen LogP contribution in [0.1, 0.15) is 27.7 Å². The minimum atomic E-state index is -0.663. The Morgan fingerprint density at radius 1 is 1.45 bits per heavy atom. The third kappa shape index (κ3) is 3.59. The Hall–Kier alpha value is -1.85. The van der Waals surface area contributed by atoms with Crippen molar-refractivity contribution in [2.75, 3.05) is 19.0 Å². The van der Waals surface area contributed by atoms with E-state index in [1.54, 1.807) is 0 Å². The van der Waals surface area contributed by atoms with Crippen LogP contribution >= 0.6 is 0 Å². The van der Waals surface area contributed by atoms with Crippen molar-refractivity contribution in [2.24, 2.45) is 11.3 Å². The Labute approximate surface area is 118 Å². The lowest BCUT2D eigenvalue weighted by molar-refractivity contribution is -0.385. The zero-order valence-electron chi connectivity index (χ0n) is 12.5. The second kappa shape index (κ2) is 6.07. The summed E-state index contributed by atoms with van der Waals surface area (Å²) >= 11 is 0. The van der Waals surface area contributed by atoms with Gasteiger partial charge >= 0.3 is 5.69 Å². The fourth-order valence-electron chi connectivity index (χ4n) is 1.51. The zero-order valence-corrected chi connectivity index (χ0v) is 12.5. The number of halogens is 1. The first kappa shape index (κ1) is 16.2. The summed E-state index contributed by atoms with van der Waals surface area (Å²) < 4.78 is 18.8. The number of benzene rings is 1. The third-order valence-corrected chi connectivity index (χ3v) is 3.76. The highest BCUT2D eigenvalue weighted by Gasteiger charge is 2.24. The maximum absolute atomic E-state index is 13.9. The lowest BCUT2D eigenvalue weighted by atomic mass is 9.81. The number of rotatable bonds is 6. The van der Waals surface area contributed by atoms with Crippen molar-refractivity contribution in [2.45, 2.75) is 27.7 Å². The molecular formula is C14H21FN2O3. The molecule has 0 fully saturated rings. The van der Waals surface area contributed by atoms with Gasteiger partial charge in [-0.05, 0) is 11.3 Å². The normalized spacial score (nSPS) is 11.6. The van der Waals surface area contributed by atoms with Gasteiger partial charge in [-0.3, -0.25) is 10.1 Å². The van der Waals surface area contributed by atoms with E-state index in [4.69, 9.17) is 4.74 Å². The van der Waals surface area contributed by atoms with E-state index in [0.29, 0.717) is 12.5 Å². The Morgan fingerprint density at radius 2 is 2.05 bits per heavy atom. The van der Waals surface area contributed by atoms with Crippen LogP contribution < -0.4 is 10.1 Å². The van der Waals surface area contributed by atoms with Crippen molar-refractivity contribution >= 4 is 11.4 Å². The number of ether oxygens (including phenoxy) is 1. The van der Waals surface area contributed by atoms with Crippen LogP contribution in [0, 0.1) is 27.3 Å². The molecule has 1 aromatic rings. The van der Waals surface area contributed by atoms with Crippen molar-refractivity contribution in [3.8, 4) is 5.75 Å². The third-order valence-electron chi connectivity index (χ3n) is 3.76. The molecule has 0 atom stereocenters. The molecule has 1 aromatic carbocycles. The van der Waals surface area contributed by atoms with Gasteiger partial charge in [-0.1, -0.05) is 27.7 Å². The van der Waals surface area contributed by atoms with Gasteiger partial charge in [0.2, 0.25) is 0 Å². The molecular weight excluding hydrogens is 263 g/mol. The van der Waals surface area contributed by atoms with Crippen LogP contribution in [-0.2, 0) is 0 Å². The van der Waals surface area contributed by atoms with Crippen LogP contribution in [0.2, 0.25) is 0 Å². The van der Waals surface area contributed by atoms with E-state index in [0.717, 1.165) is 6.07 Å². The Morgan fingerprint density at radius 3 is 2.50 bits per heavy atom. The highest BCUT2D eigenvalue weighted by atomic mass is 19.1. The largest absolute Gasteiger partial charge is 0.490 e. The van der Waals surface area contributed by atoms with Gasteiger partial charge < -0.3 is 10.1 Å². The average Bonchev–Trinajstić information content (AvgIpc) is 2.36. The molecule has 0 saturated carbocycles. The van der Waals surface area contributed by atoms with Crippen LogP contribution in [0.3, 0.4) is 0 Å². The van der Waals surface area contributed by atoms with E-state index in [1.807, 2.05) is 0 Å². The lowest BCUT2D eigenvalue weighted by Crippen LogP contribution is -2.28. The average molecular weight is 284 g/mol. The van der Waals surface area contributed by atoms with Crippen LogP contribution in [0.15, 0.2) is 12.1 Å². The summed E-state index contributed by atoms with van der Waals surface area (Å²) in [5.74, 6) is -0.198. The molecule has 1 rings (SSSR count). The summed E-state index contributed by atoms with van der Waals surface area (Å²) in [6, 6.07) is 2.20. The lowest BCUT2D eigenvalue weighted by Gasteiger charge is -2.30. The second-order valence-electron chi connectivity index (χ2n) is 5.76. The number of methoxy groups -OCH3 is 1. The number of hydrogen-bond acceptors (Lipinski definition) is 4. The molecule has 0 bridgehead atoms. The highest BCUT2D eigenvalue weighted by molar-refractivity contribution is 5.59. The molecule has 0 unspecified atom stereocenters. The Balaban J connectivity index is 3.00. The fourth-order valence-corrected chi connectivity index (χ4v) is 1.51. The number of nitrogens with zero attached hydrogens (tertiary/aromatic N) is 1. The first-order valence-corrected chi connectivity index (χ1v) is 6.45. The maximum Gasteiger partial charge on any atom is 0.313 e. The fraction of sp³-hybridized carbons (Fsp3) is 0.571. The van der Waals surface area contributed by atoms with Gasteiger partial charge in [-0.15, -0.1) is 0 Å². The zero-order chi connectivity index (χ0) is 15.5. The molecule has 0 aliphatic rings. The van der Waals surface area contributed by atoms with Gasteiger partial charge in [0, 0.05) is 12.6 Å². The maximum atomic E-state index is 13.9. The summed E-state index contributed by atoms with van der Waals surface area (Å²) in [6.07, 6.45) is 0. The molecule has 0 heterocycles. The van der Waals surface area contributed by atoms with E-state index >= 15 is 0 Å². The van der Waals surface area contributed by atoms with Crippen molar-refractivity contribution in [3.05, 3.63) is 28.1 Å². The molecule has 0 aromatic heterocycles. The topological polar surface area (TPSA) is 64.4 Å². The first-order valence-electron chi connectivity index (χ1n) is 6.45. The summed E-state index contributed by atoms with van der Waals surface area (Å²) in [4.78, 5) is 10.1. The SMILES string of the molecule is COc1cc(NCC(C)(C)C(C)C)c(F)cc1[N+](=O)[O-]. The molecule has 0 aliphatic heterocycles. The number of nitro groups is 1. The Kier molecular flexibility index (Phi) is 4.92. The predicted molar refractivity (Wildman–Crippen MR) is 76.7 cm³/mol. The number of nitro benzene ring substituents is 1. The monoisotopic (exact) mass is 284 g/mol. The van der Waals surface area contributed by atoms with Crippen LogP contribution in [0.25, 0.3) is 0 Å². The van der Waals surface area contributed by atoms with E-state index in [-0.39, 0.29) is 22.5 Å². The van der Waals surface area contributed by atoms with Gasteiger partial charge in [0.25, 0.3) is 0 Å². The van der Waals surface area contributed by atoms with E-state index in [1.165, 1.54) is 13.2 Å². The molecule has 0 amide bonds. The summed E-state index contributed by atoms with van der Waals surface area (Å²) in [6.45, 7) is 8.89. The van der Waals surface area contributed by atoms with E-state index < -0.39 is 10.7 Å². The van der Waals surface area contributed by atoms with Crippen molar-refractivity contribution in [1.29, 1.82) is 0 Å². The van der Waals surface area contributed by atoms with Gasteiger partial charge in [-0.25, -0.2) is 4.39 Å². The molecule has 112 valence electrons. The number of nitrogens with one attached hydrogen (secondary N) is 1. The predicted octanol–water partition coefficient (Wildman–Crippen LogP) is 3.84. The summed E-state index contributed by atoms with van der Waals surface area (Å²) in [5, 5.41) is 13.8. The molecule has 0 saturated heterocycles. The second-order valence-corrected chi connectivity index (χ2v) is 5.76. The van der Waals surface area contributed by atoms with E-state index in [2.05, 4.69) is 33.0 Å². The standard InChI is InChI=1S/C14H21FN2O3/c1-9(2)14(3,4)8-16-11-7-13(20-5)12(17(18)19)6-10(11)15/h6-7,9,16H,8H2,1-5H3. The molecule has 20 heavy (non-hydrogen) atoms. The molecule has 0 aliphatic carbocycles. The number of hydrogen-bond donors (Lipinski definition) is 1. The number of anilines is 1. The van der Waals surface area contributed by atoms with Gasteiger partial charge in [0.15, 0.2) is 11.6 Å². The van der Waals surface area contributed by atoms with Gasteiger partial charge in [0.05, 0.1) is 23.8 Å². The summed E-state index contributed by atoms with van der Waals surface area (Å²) in [7, 11) is 1.32. The quantitative estimate of drug-likeness (QED) is 0.636. The first-order chi connectivity index (χ1) is 9.19. The van der Waals surface area contributed by atoms with E-state index in [9.17, 15) is 14.5 Å².